The van der Waals surface area contributed by atoms with Gasteiger partial charge < -0.3 is 4.74 Å². The van der Waals surface area contributed by atoms with Gasteiger partial charge in [0.25, 0.3) is 0 Å². The van der Waals surface area contributed by atoms with Crippen LogP contribution in [0.15, 0.2) is 24.3 Å². The first-order valence-electron chi connectivity index (χ1n) is 6.74. The molecule has 1 unspecified atom stereocenters. The lowest BCUT2D eigenvalue weighted by atomic mass is 9.97. The van der Waals surface area contributed by atoms with Gasteiger partial charge in [0.2, 0.25) is 10.0 Å². The molecule has 0 aliphatic carbocycles. The van der Waals surface area contributed by atoms with E-state index in [-0.39, 0.29) is 17.5 Å². The maximum Gasteiger partial charge on any atom is 0.232 e. The molecule has 6 heteroatoms. The van der Waals surface area contributed by atoms with E-state index in [1.165, 1.54) is 0 Å². The fraction of sp³-hybridized carbons (Fsp3) is 0.500. The van der Waals surface area contributed by atoms with Gasteiger partial charge in [0.15, 0.2) is 5.78 Å². The largest absolute Gasteiger partial charge is 0.381 e. The number of rotatable bonds is 6. The molecule has 0 amide bonds. The SMILES string of the molecule is CCCS(=O)(=O)Nc1ccc(C(=O)C2CCOC2)cc1. The fourth-order valence-corrected chi connectivity index (χ4v) is 3.31. The molecule has 0 aromatic heterocycles. The highest BCUT2D eigenvalue weighted by Gasteiger charge is 2.24. The van der Waals surface area contributed by atoms with Crippen molar-refractivity contribution < 1.29 is 17.9 Å². The summed E-state index contributed by atoms with van der Waals surface area (Å²) in [5.41, 5.74) is 1.08. The first-order chi connectivity index (χ1) is 9.52. The van der Waals surface area contributed by atoms with Crippen LogP contribution >= 0.6 is 0 Å². The predicted molar refractivity (Wildman–Crippen MR) is 77.4 cm³/mol. The van der Waals surface area contributed by atoms with E-state index in [9.17, 15) is 13.2 Å². The molecular formula is C14H19NO4S. The van der Waals surface area contributed by atoms with Crippen molar-refractivity contribution in [2.24, 2.45) is 5.92 Å². The maximum absolute atomic E-state index is 12.1. The number of Topliss-reactive ketones (excluding diaryl/α,β-unsaturated/α-hetero) is 1. The van der Waals surface area contributed by atoms with Crippen LogP contribution in [0.3, 0.4) is 0 Å². The smallest absolute Gasteiger partial charge is 0.232 e. The van der Waals surface area contributed by atoms with E-state index in [1.54, 1.807) is 24.3 Å². The average Bonchev–Trinajstić information content (AvgIpc) is 2.92. The lowest BCUT2D eigenvalue weighted by Crippen LogP contribution is -2.17. The van der Waals surface area contributed by atoms with E-state index < -0.39 is 10.0 Å². The summed E-state index contributed by atoms with van der Waals surface area (Å²) < 4.78 is 31.0. The molecule has 0 saturated carbocycles. The molecule has 1 fully saturated rings. The van der Waals surface area contributed by atoms with Crippen LogP contribution in [0.25, 0.3) is 0 Å². The molecule has 1 aliphatic rings. The number of carbonyl (C=O) groups is 1. The van der Waals surface area contributed by atoms with Gasteiger partial charge in [-0.1, -0.05) is 6.92 Å². The van der Waals surface area contributed by atoms with Crippen LogP contribution in [0.5, 0.6) is 0 Å². The highest BCUT2D eigenvalue weighted by molar-refractivity contribution is 7.92. The number of hydrogen-bond acceptors (Lipinski definition) is 4. The first kappa shape index (κ1) is 15.0. The lowest BCUT2D eigenvalue weighted by molar-refractivity contribution is 0.0900. The Morgan fingerprint density at radius 3 is 2.60 bits per heavy atom. The molecule has 0 radical (unpaired) electrons. The van der Waals surface area contributed by atoms with Gasteiger partial charge >= 0.3 is 0 Å². The second-order valence-electron chi connectivity index (χ2n) is 4.92. The van der Waals surface area contributed by atoms with Crippen LogP contribution in [0, 0.1) is 5.92 Å². The Labute approximate surface area is 119 Å². The second kappa shape index (κ2) is 6.37. The standard InChI is InChI=1S/C14H19NO4S/c1-2-9-20(17,18)15-13-5-3-11(4-6-13)14(16)12-7-8-19-10-12/h3-6,12,15H,2,7-10H2,1H3. The number of benzene rings is 1. The minimum absolute atomic E-state index is 0.0606. The van der Waals surface area contributed by atoms with Gasteiger partial charge in [-0.2, -0.15) is 0 Å². The summed E-state index contributed by atoms with van der Waals surface area (Å²) in [6.07, 6.45) is 1.32. The molecule has 110 valence electrons. The highest BCUT2D eigenvalue weighted by Crippen LogP contribution is 2.20. The van der Waals surface area contributed by atoms with Crippen LogP contribution in [0.2, 0.25) is 0 Å². The Morgan fingerprint density at radius 2 is 2.05 bits per heavy atom. The van der Waals surface area contributed by atoms with Crippen LogP contribution in [0.1, 0.15) is 30.1 Å². The highest BCUT2D eigenvalue weighted by atomic mass is 32.2. The van der Waals surface area contributed by atoms with Gasteiger partial charge in [0, 0.05) is 23.8 Å². The zero-order chi connectivity index (χ0) is 14.6. The summed E-state index contributed by atoms with van der Waals surface area (Å²) in [5, 5.41) is 0. The van der Waals surface area contributed by atoms with E-state index >= 15 is 0 Å². The summed E-state index contributed by atoms with van der Waals surface area (Å²) in [7, 11) is -3.29. The minimum atomic E-state index is -3.29. The van der Waals surface area contributed by atoms with Gasteiger partial charge in [-0.15, -0.1) is 0 Å². The fourth-order valence-electron chi connectivity index (χ4n) is 2.18. The molecule has 0 bridgehead atoms. The van der Waals surface area contributed by atoms with Crippen molar-refractivity contribution in [2.75, 3.05) is 23.7 Å². The minimum Gasteiger partial charge on any atom is -0.381 e. The van der Waals surface area contributed by atoms with Crippen LogP contribution in [-0.2, 0) is 14.8 Å². The third-order valence-electron chi connectivity index (χ3n) is 3.22. The third kappa shape index (κ3) is 3.80. The predicted octanol–water partition coefficient (Wildman–Crippen LogP) is 2.06. The van der Waals surface area contributed by atoms with E-state index in [2.05, 4.69) is 4.72 Å². The normalized spacial score (nSPS) is 18.9. The summed E-state index contributed by atoms with van der Waals surface area (Å²) >= 11 is 0. The summed E-state index contributed by atoms with van der Waals surface area (Å²) in [5.74, 6) is 0.0794. The van der Waals surface area contributed by atoms with Crippen LogP contribution in [-0.4, -0.2) is 33.2 Å². The molecule has 1 saturated heterocycles. The Kier molecular flexibility index (Phi) is 4.77. The van der Waals surface area contributed by atoms with E-state index in [0.29, 0.717) is 30.9 Å². The zero-order valence-corrected chi connectivity index (χ0v) is 12.3. The van der Waals surface area contributed by atoms with Crippen molar-refractivity contribution in [1.29, 1.82) is 0 Å². The van der Waals surface area contributed by atoms with Gasteiger partial charge in [0.1, 0.15) is 0 Å². The number of ketones is 1. The summed E-state index contributed by atoms with van der Waals surface area (Å²) in [4.78, 5) is 12.1. The molecule has 1 aliphatic heterocycles. The molecule has 1 heterocycles. The van der Waals surface area contributed by atoms with Crippen LogP contribution < -0.4 is 4.72 Å². The zero-order valence-electron chi connectivity index (χ0n) is 11.5. The Morgan fingerprint density at radius 1 is 1.35 bits per heavy atom. The number of hydrogen-bond donors (Lipinski definition) is 1. The number of ether oxygens (including phenoxy) is 1. The molecular weight excluding hydrogens is 278 g/mol. The molecule has 1 aromatic carbocycles. The molecule has 1 atom stereocenters. The molecule has 1 aromatic rings. The van der Waals surface area contributed by atoms with Crippen molar-refractivity contribution in [2.45, 2.75) is 19.8 Å². The number of anilines is 1. The topological polar surface area (TPSA) is 72.5 Å². The van der Waals surface area contributed by atoms with E-state index in [1.807, 2.05) is 6.92 Å². The molecule has 5 nitrogen and oxygen atoms in total. The van der Waals surface area contributed by atoms with Crippen LogP contribution in [0.4, 0.5) is 5.69 Å². The van der Waals surface area contributed by atoms with E-state index in [4.69, 9.17) is 4.74 Å². The van der Waals surface area contributed by atoms with Crippen molar-refractivity contribution in [3.05, 3.63) is 29.8 Å². The molecule has 0 spiro atoms. The monoisotopic (exact) mass is 297 g/mol. The van der Waals surface area contributed by atoms with Crippen molar-refractivity contribution in [3.8, 4) is 0 Å². The molecule has 20 heavy (non-hydrogen) atoms. The quantitative estimate of drug-likeness (QED) is 0.816. The lowest BCUT2D eigenvalue weighted by Gasteiger charge is -2.09. The summed E-state index contributed by atoms with van der Waals surface area (Å²) in [6, 6.07) is 6.56. The Balaban J connectivity index is 2.04. The number of carbonyl (C=O) groups excluding carboxylic acids is 1. The average molecular weight is 297 g/mol. The second-order valence-corrected chi connectivity index (χ2v) is 6.76. The van der Waals surface area contributed by atoms with Gasteiger partial charge in [-0.25, -0.2) is 8.42 Å². The van der Waals surface area contributed by atoms with E-state index in [0.717, 1.165) is 6.42 Å². The first-order valence-corrected chi connectivity index (χ1v) is 8.39. The molecule has 2 rings (SSSR count). The number of nitrogens with one attached hydrogen (secondary N) is 1. The number of sulfonamides is 1. The summed E-state index contributed by atoms with van der Waals surface area (Å²) in [6.45, 7) is 2.92. The third-order valence-corrected chi connectivity index (χ3v) is 4.71. The van der Waals surface area contributed by atoms with Gasteiger partial charge in [-0.05, 0) is 37.1 Å². The Bertz CT molecular complexity index is 559. The van der Waals surface area contributed by atoms with Crippen molar-refractivity contribution in [3.63, 3.8) is 0 Å². The molecule has 1 N–H and O–H groups in total. The van der Waals surface area contributed by atoms with Crippen molar-refractivity contribution in [1.82, 2.24) is 0 Å². The Hall–Kier alpha value is -1.40. The van der Waals surface area contributed by atoms with Gasteiger partial charge in [0.05, 0.1) is 12.4 Å². The van der Waals surface area contributed by atoms with Gasteiger partial charge in [-0.3, -0.25) is 9.52 Å². The maximum atomic E-state index is 12.1. The van der Waals surface area contributed by atoms with Crippen molar-refractivity contribution >= 4 is 21.5 Å².